The van der Waals surface area contributed by atoms with Gasteiger partial charge in [0.25, 0.3) is 5.91 Å². The number of hydrogen-bond acceptors (Lipinski definition) is 5. The Morgan fingerprint density at radius 2 is 1.90 bits per heavy atom. The Balaban J connectivity index is 1.52. The average Bonchev–Trinajstić information content (AvgIpc) is 3.38. The van der Waals surface area contributed by atoms with Crippen LogP contribution >= 0.6 is 27.3 Å². The Bertz CT molecular complexity index is 1170. The molecule has 0 bridgehead atoms. The van der Waals surface area contributed by atoms with Gasteiger partial charge in [-0.2, -0.15) is 0 Å². The van der Waals surface area contributed by atoms with Gasteiger partial charge in [0, 0.05) is 27.1 Å². The summed E-state index contributed by atoms with van der Waals surface area (Å²) in [6, 6.07) is 11.8. The first-order valence-corrected chi connectivity index (χ1v) is 12.1. The molecule has 150 valence electrons. The normalized spacial score (nSPS) is 14.0. The van der Waals surface area contributed by atoms with Crippen LogP contribution in [0.15, 0.2) is 57.2 Å². The van der Waals surface area contributed by atoms with Crippen LogP contribution in [0.3, 0.4) is 0 Å². The molecule has 29 heavy (non-hydrogen) atoms. The molecule has 2 aromatic carbocycles. The van der Waals surface area contributed by atoms with Gasteiger partial charge in [-0.3, -0.25) is 4.79 Å². The van der Waals surface area contributed by atoms with Crippen molar-refractivity contribution in [2.75, 3.05) is 5.32 Å². The zero-order valence-electron chi connectivity index (χ0n) is 15.5. The number of anilines is 1. The summed E-state index contributed by atoms with van der Waals surface area (Å²) in [5.74, 6) is -0.391. The van der Waals surface area contributed by atoms with Crippen molar-refractivity contribution in [3.63, 3.8) is 0 Å². The molecule has 6 nitrogen and oxygen atoms in total. The predicted octanol–water partition coefficient (Wildman–Crippen LogP) is 4.57. The van der Waals surface area contributed by atoms with E-state index in [1.165, 1.54) is 12.1 Å². The Morgan fingerprint density at radius 3 is 2.52 bits per heavy atom. The fourth-order valence-corrected chi connectivity index (χ4v) is 5.13. The maximum atomic E-state index is 12.7. The highest BCUT2D eigenvalue weighted by Gasteiger charge is 2.28. The molecule has 4 rings (SSSR count). The van der Waals surface area contributed by atoms with Crippen LogP contribution in [-0.4, -0.2) is 25.4 Å². The van der Waals surface area contributed by atoms with Gasteiger partial charge in [0.15, 0.2) is 0 Å². The SMILES string of the molecule is Cc1nc(-c2ccc(NC(=O)c3cc(S(=O)(=O)NC4CC4)ccc3Br)cc2)cs1. The maximum absolute atomic E-state index is 12.7. The van der Waals surface area contributed by atoms with Gasteiger partial charge in [-0.25, -0.2) is 18.1 Å². The first-order valence-electron chi connectivity index (χ1n) is 8.97. The number of nitrogens with one attached hydrogen (secondary N) is 2. The lowest BCUT2D eigenvalue weighted by Gasteiger charge is -2.10. The van der Waals surface area contributed by atoms with Crippen LogP contribution in [0.4, 0.5) is 5.69 Å². The molecule has 0 aliphatic heterocycles. The highest BCUT2D eigenvalue weighted by Crippen LogP contribution is 2.27. The van der Waals surface area contributed by atoms with E-state index < -0.39 is 15.9 Å². The monoisotopic (exact) mass is 491 g/mol. The third kappa shape index (κ3) is 4.75. The molecule has 1 aliphatic carbocycles. The molecule has 1 aliphatic rings. The molecule has 1 fully saturated rings. The smallest absolute Gasteiger partial charge is 0.256 e. The summed E-state index contributed by atoms with van der Waals surface area (Å²) in [5, 5.41) is 5.79. The molecule has 0 radical (unpaired) electrons. The summed E-state index contributed by atoms with van der Waals surface area (Å²) in [5.41, 5.74) is 2.73. The standard InChI is InChI=1S/C20H18BrN3O3S2/c1-12-22-19(11-28-12)13-2-4-14(5-3-13)23-20(25)17-10-16(8-9-18(17)21)29(26,27)24-15-6-7-15/h2-5,8-11,15,24H,6-7H2,1H3,(H,23,25). The highest BCUT2D eigenvalue weighted by molar-refractivity contribution is 9.10. The summed E-state index contributed by atoms with van der Waals surface area (Å²) >= 11 is 4.92. The van der Waals surface area contributed by atoms with Crippen molar-refractivity contribution >= 4 is 48.9 Å². The van der Waals surface area contributed by atoms with Crippen LogP contribution in [0.1, 0.15) is 28.2 Å². The van der Waals surface area contributed by atoms with E-state index in [0.717, 1.165) is 29.1 Å². The van der Waals surface area contributed by atoms with Crippen LogP contribution in [-0.2, 0) is 10.0 Å². The second-order valence-corrected chi connectivity index (χ2v) is 10.5. The van der Waals surface area contributed by atoms with Crippen molar-refractivity contribution in [3.05, 3.63) is 62.9 Å². The van der Waals surface area contributed by atoms with E-state index in [1.54, 1.807) is 29.5 Å². The lowest BCUT2D eigenvalue weighted by molar-refractivity contribution is 0.102. The van der Waals surface area contributed by atoms with Crippen LogP contribution in [0.5, 0.6) is 0 Å². The summed E-state index contributed by atoms with van der Waals surface area (Å²) < 4.78 is 28.0. The number of aryl methyl sites for hydroxylation is 1. The van der Waals surface area contributed by atoms with Gasteiger partial charge in [0.05, 0.1) is 21.2 Å². The second kappa shape index (κ2) is 7.98. The van der Waals surface area contributed by atoms with Gasteiger partial charge < -0.3 is 5.32 Å². The minimum Gasteiger partial charge on any atom is -0.322 e. The van der Waals surface area contributed by atoms with Gasteiger partial charge in [0.2, 0.25) is 10.0 Å². The number of amides is 1. The Labute approximate surface area is 181 Å². The molecule has 1 amide bonds. The van der Waals surface area contributed by atoms with Crippen molar-refractivity contribution < 1.29 is 13.2 Å². The minimum absolute atomic E-state index is 0.000872. The number of carbonyl (C=O) groups is 1. The van der Waals surface area contributed by atoms with E-state index in [4.69, 9.17) is 0 Å². The molecule has 0 saturated heterocycles. The second-order valence-electron chi connectivity index (χ2n) is 6.82. The molecule has 1 heterocycles. The van der Waals surface area contributed by atoms with Gasteiger partial charge in [-0.1, -0.05) is 12.1 Å². The van der Waals surface area contributed by atoms with Crippen LogP contribution < -0.4 is 10.0 Å². The van der Waals surface area contributed by atoms with E-state index in [-0.39, 0.29) is 16.5 Å². The minimum atomic E-state index is -3.63. The van der Waals surface area contributed by atoms with E-state index in [2.05, 4.69) is 31.0 Å². The maximum Gasteiger partial charge on any atom is 0.256 e. The summed E-state index contributed by atoms with van der Waals surface area (Å²) in [6.45, 7) is 1.95. The van der Waals surface area contributed by atoms with Crippen molar-refractivity contribution in [1.82, 2.24) is 9.71 Å². The largest absolute Gasteiger partial charge is 0.322 e. The van der Waals surface area contributed by atoms with Gasteiger partial charge in [-0.15, -0.1) is 11.3 Å². The molecule has 0 atom stereocenters. The topological polar surface area (TPSA) is 88.2 Å². The number of aromatic nitrogens is 1. The van der Waals surface area contributed by atoms with Gasteiger partial charge >= 0.3 is 0 Å². The van der Waals surface area contributed by atoms with Crippen LogP contribution in [0, 0.1) is 6.92 Å². The zero-order valence-corrected chi connectivity index (χ0v) is 18.7. The molecule has 2 N–H and O–H groups in total. The molecule has 3 aromatic rings. The summed E-state index contributed by atoms with van der Waals surface area (Å²) in [4.78, 5) is 17.3. The average molecular weight is 492 g/mol. The van der Waals surface area contributed by atoms with Gasteiger partial charge in [0.1, 0.15) is 0 Å². The predicted molar refractivity (Wildman–Crippen MR) is 118 cm³/mol. The third-order valence-electron chi connectivity index (χ3n) is 4.45. The number of sulfonamides is 1. The third-order valence-corrected chi connectivity index (χ3v) is 7.43. The lowest BCUT2D eigenvalue weighted by atomic mass is 10.1. The Hall–Kier alpha value is -2.07. The quantitative estimate of drug-likeness (QED) is 0.528. The number of nitrogens with zero attached hydrogens (tertiary/aromatic N) is 1. The number of benzene rings is 2. The zero-order chi connectivity index (χ0) is 20.6. The van der Waals surface area contributed by atoms with E-state index in [0.29, 0.717) is 10.2 Å². The molecular formula is C20H18BrN3O3S2. The number of hydrogen-bond donors (Lipinski definition) is 2. The fraction of sp³-hybridized carbons (Fsp3) is 0.200. The van der Waals surface area contributed by atoms with Crippen molar-refractivity contribution in [3.8, 4) is 11.3 Å². The number of thiazole rings is 1. The van der Waals surface area contributed by atoms with Gasteiger partial charge in [-0.05, 0) is 66.0 Å². The summed E-state index contributed by atoms with van der Waals surface area (Å²) in [6.07, 6.45) is 1.69. The summed E-state index contributed by atoms with van der Waals surface area (Å²) in [7, 11) is -3.63. The molecule has 1 aromatic heterocycles. The first kappa shape index (κ1) is 20.2. The molecule has 9 heteroatoms. The highest BCUT2D eigenvalue weighted by atomic mass is 79.9. The fourth-order valence-electron chi connectivity index (χ4n) is 2.75. The lowest BCUT2D eigenvalue weighted by Crippen LogP contribution is -2.26. The van der Waals surface area contributed by atoms with Crippen LogP contribution in [0.2, 0.25) is 0 Å². The molecule has 1 saturated carbocycles. The number of rotatable bonds is 6. The van der Waals surface area contributed by atoms with Crippen molar-refractivity contribution in [1.29, 1.82) is 0 Å². The van der Waals surface area contributed by atoms with E-state index in [1.807, 2.05) is 24.4 Å². The van der Waals surface area contributed by atoms with Crippen LogP contribution in [0.25, 0.3) is 11.3 Å². The molecular weight excluding hydrogens is 474 g/mol. The van der Waals surface area contributed by atoms with Crippen molar-refractivity contribution in [2.45, 2.75) is 30.7 Å². The molecule has 0 spiro atoms. The number of halogens is 1. The first-order chi connectivity index (χ1) is 13.8. The van der Waals surface area contributed by atoms with E-state index in [9.17, 15) is 13.2 Å². The van der Waals surface area contributed by atoms with E-state index >= 15 is 0 Å². The molecule has 0 unspecified atom stereocenters. The Kier molecular flexibility index (Phi) is 5.56. The number of carbonyl (C=O) groups excluding carboxylic acids is 1. The Morgan fingerprint density at radius 1 is 1.17 bits per heavy atom. The van der Waals surface area contributed by atoms with Crippen molar-refractivity contribution in [2.24, 2.45) is 0 Å².